The topological polar surface area (TPSA) is 48.3 Å². The van der Waals surface area contributed by atoms with Gasteiger partial charge in [0, 0.05) is 18.7 Å². The highest BCUT2D eigenvalue weighted by Gasteiger charge is 2.33. The molecule has 5 heteroatoms. The molecule has 0 aliphatic carbocycles. The summed E-state index contributed by atoms with van der Waals surface area (Å²) in [6.07, 6.45) is 1.81. The predicted molar refractivity (Wildman–Crippen MR) is 57.8 cm³/mol. The van der Waals surface area contributed by atoms with Gasteiger partial charge in [-0.3, -0.25) is 4.79 Å². The maximum atomic E-state index is 11.5. The third-order valence-electron chi connectivity index (χ3n) is 2.36. The Morgan fingerprint density at radius 1 is 1.40 bits per heavy atom. The third-order valence-corrected chi connectivity index (χ3v) is 2.36. The van der Waals surface area contributed by atoms with E-state index in [4.69, 9.17) is 0 Å². The van der Waals surface area contributed by atoms with Gasteiger partial charge >= 0.3 is 0 Å². The van der Waals surface area contributed by atoms with Gasteiger partial charge in [0.1, 0.15) is 0 Å². The van der Waals surface area contributed by atoms with Gasteiger partial charge in [0.2, 0.25) is 5.91 Å². The normalized spacial score (nSPS) is 19.7. The number of amides is 1. The van der Waals surface area contributed by atoms with E-state index in [1.807, 2.05) is 19.9 Å². The fraction of sp³-hybridized carbons (Fsp3) is 0.300. The Balaban J connectivity index is 2.47. The van der Waals surface area contributed by atoms with Crippen LogP contribution in [0.1, 0.15) is 20.8 Å². The van der Waals surface area contributed by atoms with Crippen LogP contribution in [0.3, 0.4) is 0 Å². The molecule has 0 saturated carbocycles. The number of hydrazine groups is 1. The van der Waals surface area contributed by atoms with Crippen molar-refractivity contribution in [2.75, 3.05) is 0 Å². The molecule has 15 heavy (non-hydrogen) atoms. The lowest BCUT2D eigenvalue weighted by atomic mass is 10.3. The number of rotatable bonds is 0. The first-order valence-corrected chi connectivity index (χ1v) is 4.63. The number of hydrogen-bond donors (Lipinski definition) is 0. The number of amidine groups is 1. The molecule has 2 aliphatic heterocycles. The first-order valence-electron chi connectivity index (χ1n) is 4.63. The van der Waals surface area contributed by atoms with Gasteiger partial charge in [0.15, 0.2) is 5.84 Å². The summed E-state index contributed by atoms with van der Waals surface area (Å²) in [5.41, 5.74) is 2.23. The number of fused-ring (bicyclic) bond motifs is 1. The summed E-state index contributed by atoms with van der Waals surface area (Å²) >= 11 is 0. The summed E-state index contributed by atoms with van der Waals surface area (Å²) in [7, 11) is 0. The van der Waals surface area contributed by atoms with Crippen LogP contribution < -0.4 is 0 Å². The number of allylic oxidation sites excluding steroid dienone is 2. The van der Waals surface area contributed by atoms with E-state index in [0.717, 1.165) is 5.70 Å². The highest BCUT2D eigenvalue weighted by Crippen LogP contribution is 2.25. The molecule has 0 saturated heterocycles. The minimum absolute atomic E-state index is 0.0650. The second kappa shape index (κ2) is 3.05. The molecule has 2 heterocycles. The molecule has 0 N–H and O–H groups in total. The molecule has 1 amide bonds. The molecular weight excluding hydrogens is 192 g/mol. The monoisotopic (exact) mass is 204 g/mol. The van der Waals surface area contributed by atoms with E-state index < -0.39 is 0 Å². The van der Waals surface area contributed by atoms with Gasteiger partial charge in [-0.25, -0.2) is 10.0 Å². The molecule has 78 valence electrons. The van der Waals surface area contributed by atoms with Gasteiger partial charge in [0.25, 0.3) is 0 Å². The molecule has 0 aromatic heterocycles. The Morgan fingerprint density at radius 3 is 2.67 bits per heavy atom. The van der Waals surface area contributed by atoms with Crippen LogP contribution in [-0.2, 0) is 4.79 Å². The van der Waals surface area contributed by atoms with Crippen molar-refractivity contribution in [3.05, 3.63) is 24.0 Å². The van der Waals surface area contributed by atoms with Crippen LogP contribution in [0.5, 0.6) is 0 Å². The lowest BCUT2D eigenvalue weighted by Crippen LogP contribution is -2.44. The van der Waals surface area contributed by atoms with Gasteiger partial charge in [-0.05, 0) is 13.8 Å². The van der Waals surface area contributed by atoms with Crippen molar-refractivity contribution in [1.82, 2.24) is 10.0 Å². The van der Waals surface area contributed by atoms with Crippen LogP contribution in [0.25, 0.3) is 0 Å². The number of carbonyl (C=O) groups excluding carboxylic acids is 1. The van der Waals surface area contributed by atoms with Crippen LogP contribution >= 0.6 is 0 Å². The number of carbonyl (C=O) groups is 1. The lowest BCUT2D eigenvalue weighted by Gasteiger charge is -2.32. The van der Waals surface area contributed by atoms with Crippen LogP contribution in [0.2, 0.25) is 0 Å². The van der Waals surface area contributed by atoms with Crippen LogP contribution in [0.15, 0.2) is 34.3 Å². The Hall–Kier alpha value is -1.91. The molecule has 0 aromatic rings. The molecule has 0 radical (unpaired) electrons. The van der Waals surface area contributed by atoms with Crippen molar-refractivity contribution in [1.29, 1.82) is 0 Å². The maximum absolute atomic E-state index is 11.5. The summed E-state index contributed by atoms with van der Waals surface area (Å²) < 4.78 is 0. The molecule has 0 fully saturated rings. The van der Waals surface area contributed by atoms with Gasteiger partial charge in [-0.15, -0.1) is 5.10 Å². The highest BCUT2D eigenvalue weighted by atomic mass is 16.2. The number of nitrogens with zero attached hydrogens (tertiary/aromatic N) is 4. The fourth-order valence-corrected chi connectivity index (χ4v) is 1.63. The SMILES string of the molecule is C=C1C(C)=NN=C2C=C(C)N(C(C)=O)N12. The van der Waals surface area contributed by atoms with Gasteiger partial charge < -0.3 is 0 Å². The molecule has 2 aliphatic rings. The summed E-state index contributed by atoms with van der Waals surface area (Å²) in [4.78, 5) is 11.5. The predicted octanol–water partition coefficient (Wildman–Crippen LogP) is 1.27. The fourth-order valence-electron chi connectivity index (χ4n) is 1.63. The Morgan fingerprint density at radius 2 is 2.07 bits per heavy atom. The molecule has 2 rings (SSSR count). The second-order valence-electron chi connectivity index (χ2n) is 3.52. The minimum Gasteiger partial charge on any atom is -0.273 e. The summed E-state index contributed by atoms with van der Waals surface area (Å²) in [5.74, 6) is 0.572. The Labute approximate surface area is 88.0 Å². The number of hydrogen-bond acceptors (Lipinski definition) is 4. The zero-order valence-electron chi connectivity index (χ0n) is 8.98. The van der Waals surface area contributed by atoms with Crippen molar-refractivity contribution in [2.24, 2.45) is 10.2 Å². The standard InChI is InChI=1S/C10H12N4O/c1-6-5-10-12-11-7(2)8(3)14(10)13(6)9(4)15/h5H,3H2,1-2,4H3. The van der Waals surface area contributed by atoms with Crippen LogP contribution in [-0.4, -0.2) is 27.5 Å². The molecule has 5 nitrogen and oxygen atoms in total. The minimum atomic E-state index is -0.0650. The van der Waals surface area contributed by atoms with E-state index in [0.29, 0.717) is 17.2 Å². The third kappa shape index (κ3) is 1.27. The molecule has 0 bridgehead atoms. The summed E-state index contributed by atoms with van der Waals surface area (Å²) in [5, 5.41) is 11.2. The molecule has 0 unspecified atom stereocenters. The van der Waals surface area contributed by atoms with Crippen molar-refractivity contribution in [3.8, 4) is 0 Å². The maximum Gasteiger partial charge on any atom is 0.242 e. The largest absolute Gasteiger partial charge is 0.273 e. The Kier molecular flexibility index (Phi) is 1.96. The van der Waals surface area contributed by atoms with E-state index in [1.54, 1.807) is 10.0 Å². The average Bonchev–Trinajstić information content (AvgIpc) is 2.49. The van der Waals surface area contributed by atoms with E-state index in [-0.39, 0.29) is 5.91 Å². The lowest BCUT2D eigenvalue weighted by molar-refractivity contribution is -0.133. The zero-order valence-corrected chi connectivity index (χ0v) is 8.98. The van der Waals surface area contributed by atoms with Crippen molar-refractivity contribution in [3.63, 3.8) is 0 Å². The van der Waals surface area contributed by atoms with Crippen molar-refractivity contribution >= 4 is 17.5 Å². The van der Waals surface area contributed by atoms with Crippen LogP contribution in [0.4, 0.5) is 0 Å². The van der Waals surface area contributed by atoms with Gasteiger partial charge in [-0.1, -0.05) is 6.58 Å². The molecule has 0 aromatic carbocycles. The van der Waals surface area contributed by atoms with E-state index >= 15 is 0 Å². The molecule has 0 spiro atoms. The van der Waals surface area contributed by atoms with Crippen LogP contribution in [0, 0.1) is 0 Å². The Bertz CT molecular complexity index is 444. The van der Waals surface area contributed by atoms with Crippen molar-refractivity contribution in [2.45, 2.75) is 20.8 Å². The second-order valence-corrected chi connectivity index (χ2v) is 3.52. The summed E-state index contributed by atoms with van der Waals surface area (Å²) in [6.45, 7) is 9.07. The first kappa shape index (κ1) is 9.64. The van der Waals surface area contributed by atoms with E-state index in [9.17, 15) is 4.79 Å². The highest BCUT2D eigenvalue weighted by molar-refractivity contribution is 6.09. The molecule has 0 atom stereocenters. The zero-order chi connectivity index (χ0) is 11.2. The quantitative estimate of drug-likeness (QED) is 0.596. The average molecular weight is 204 g/mol. The van der Waals surface area contributed by atoms with Crippen molar-refractivity contribution < 1.29 is 4.79 Å². The molecular formula is C10H12N4O. The summed E-state index contributed by atoms with van der Waals surface area (Å²) in [6, 6.07) is 0. The van der Waals surface area contributed by atoms with E-state index in [1.165, 1.54) is 6.92 Å². The van der Waals surface area contributed by atoms with Gasteiger partial charge in [0.05, 0.1) is 11.4 Å². The van der Waals surface area contributed by atoms with Gasteiger partial charge in [-0.2, -0.15) is 5.10 Å². The smallest absolute Gasteiger partial charge is 0.242 e. The van der Waals surface area contributed by atoms with E-state index in [2.05, 4.69) is 16.8 Å². The first-order chi connectivity index (χ1) is 7.02.